The highest BCUT2D eigenvalue weighted by atomic mass is 16.5. The number of carbonyl (C=O) groups excluding carboxylic acids is 1. The Labute approximate surface area is 160 Å². The zero-order valence-electron chi connectivity index (χ0n) is 15.5. The largest absolute Gasteiger partial charge is 0.493 e. The summed E-state index contributed by atoms with van der Waals surface area (Å²) in [5.74, 6) is 0.605. The number of rotatable bonds is 5. The van der Waals surface area contributed by atoms with Gasteiger partial charge in [-0.25, -0.2) is 0 Å². The molecule has 7 nitrogen and oxygen atoms in total. The molecule has 0 radical (unpaired) electrons. The van der Waals surface area contributed by atoms with Crippen molar-refractivity contribution >= 4 is 16.9 Å². The van der Waals surface area contributed by atoms with E-state index in [1.165, 1.54) is 19.1 Å². The summed E-state index contributed by atoms with van der Waals surface area (Å²) < 4.78 is 16.4. The Kier molecular flexibility index (Phi) is 4.52. The molecular formula is C21H19NO6. The topological polar surface area (TPSA) is 89.2 Å². The fraction of sp³-hybridized carbons (Fsp3) is 0.238. The van der Waals surface area contributed by atoms with Crippen LogP contribution in [0.1, 0.15) is 27.7 Å². The Morgan fingerprint density at radius 1 is 1.07 bits per heavy atom. The Morgan fingerprint density at radius 3 is 2.54 bits per heavy atom. The zero-order valence-corrected chi connectivity index (χ0v) is 15.5. The number of fused-ring (bicyclic) bond motifs is 2. The normalized spacial score (nSPS) is 15.8. The minimum absolute atomic E-state index is 0.0111. The predicted octanol–water partition coefficient (Wildman–Crippen LogP) is 2.35. The van der Waals surface area contributed by atoms with E-state index in [-0.39, 0.29) is 29.9 Å². The number of β-amino-alcohol motifs (C(OH)–C–C–N with tert-alkyl or cyclic N) is 1. The second kappa shape index (κ2) is 7.01. The monoisotopic (exact) mass is 381 g/mol. The van der Waals surface area contributed by atoms with E-state index < -0.39 is 11.9 Å². The SMILES string of the molecule is COc1ccc([C@@H]2c3c(oc4ccccc4c3=O)C(=O)N2CCO)cc1OC. The molecule has 2 aromatic carbocycles. The highest BCUT2D eigenvalue weighted by Gasteiger charge is 2.42. The lowest BCUT2D eigenvalue weighted by atomic mass is 9.98. The van der Waals surface area contributed by atoms with Gasteiger partial charge in [-0.1, -0.05) is 18.2 Å². The third kappa shape index (κ3) is 2.63. The second-order valence-electron chi connectivity index (χ2n) is 6.41. The van der Waals surface area contributed by atoms with Crippen molar-refractivity contribution in [2.75, 3.05) is 27.4 Å². The first-order chi connectivity index (χ1) is 13.6. The quantitative estimate of drug-likeness (QED) is 0.730. The molecule has 4 rings (SSSR count). The summed E-state index contributed by atoms with van der Waals surface area (Å²) in [5.41, 5.74) is 1.03. The number of benzene rings is 2. The molecule has 2 heterocycles. The zero-order chi connectivity index (χ0) is 19.8. The van der Waals surface area contributed by atoms with Crippen LogP contribution in [0.25, 0.3) is 11.0 Å². The average molecular weight is 381 g/mol. The van der Waals surface area contributed by atoms with Crippen molar-refractivity contribution in [1.29, 1.82) is 0 Å². The van der Waals surface area contributed by atoms with E-state index in [1.54, 1.807) is 42.5 Å². The summed E-state index contributed by atoms with van der Waals surface area (Å²) in [5, 5.41) is 9.89. The fourth-order valence-electron chi connectivity index (χ4n) is 3.67. The first-order valence-electron chi connectivity index (χ1n) is 8.80. The van der Waals surface area contributed by atoms with Crippen molar-refractivity contribution in [1.82, 2.24) is 4.90 Å². The van der Waals surface area contributed by atoms with E-state index in [2.05, 4.69) is 0 Å². The van der Waals surface area contributed by atoms with Crippen molar-refractivity contribution in [2.24, 2.45) is 0 Å². The van der Waals surface area contributed by atoms with Crippen LogP contribution in [-0.2, 0) is 0 Å². The molecule has 0 bridgehead atoms. The second-order valence-corrected chi connectivity index (χ2v) is 6.41. The van der Waals surface area contributed by atoms with Crippen molar-refractivity contribution in [3.63, 3.8) is 0 Å². The molecule has 7 heteroatoms. The van der Waals surface area contributed by atoms with Crippen LogP contribution in [0, 0.1) is 0 Å². The van der Waals surface area contributed by atoms with Gasteiger partial charge in [0.2, 0.25) is 5.76 Å². The van der Waals surface area contributed by atoms with Gasteiger partial charge in [-0.05, 0) is 29.8 Å². The van der Waals surface area contributed by atoms with Gasteiger partial charge >= 0.3 is 0 Å². The van der Waals surface area contributed by atoms with E-state index in [0.717, 1.165) is 0 Å². The number of methoxy groups -OCH3 is 2. The van der Waals surface area contributed by atoms with Gasteiger partial charge in [-0.2, -0.15) is 0 Å². The molecule has 1 amide bonds. The van der Waals surface area contributed by atoms with Crippen LogP contribution in [0.5, 0.6) is 11.5 Å². The lowest BCUT2D eigenvalue weighted by molar-refractivity contribution is 0.0691. The third-order valence-electron chi connectivity index (χ3n) is 4.94. The molecule has 1 aliphatic rings. The van der Waals surface area contributed by atoms with Crippen molar-refractivity contribution in [3.05, 3.63) is 69.6 Å². The molecule has 1 atom stereocenters. The van der Waals surface area contributed by atoms with E-state index in [4.69, 9.17) is 13.9 Å². The molecule has 3 aromatic rings. The molecule has 0 aliphatic carbocycles. The van der Waals surface area contributed by atoms with Gasteiger partial charge in [0, 0.05) is 6.54 Å². The number of amides is 1. The van der Waals surface area contributed by atoms with Crippen molar-refractivity contribution < 1.29 is 23.8 Å². The summed E-state index contributed by atoms with van der Waals surface area (Å²) in [6, 6.07) is 11.4. The summed E-state index contributed by atoms with van der Waals surface area (Å²) in [6.45, 7) is -0.172. The van der Waals surface area contributed by atoms with E-state index in [0.29, 0.717) is 28.0 Å². The number of para-hydroxylation sites is 1. The maximum Gasteiger partial charge on any atom is 0.290 e. The van der Waals surface area contributed by atoms with Gasteiger partial charge in [-0.15, -0.1) is 0 Å². The molecular weight excluding hydrogens is 362 g/mol. The van der Waals surface area contributed by atoms with Gasteiger partial charge in [0.25, 0.3) is 5.91 Å². The minimum atomic E-state index is -0.685. The van der Waals surface area contributed by atoms with Gasteiger partial charge < -0.3 is 23.9 Å². The summed E-state index contributed by atoms with van der Waals surface area (Å²) in [7, 11) is 3.05. The third-order valence-corrected chi connectivity index (χ3v) is 4.94. The highest BCUT2D eigenvalue weighted by molar-refractivity contribution is 5.99. The number of hydrogen-bond donors (Lipinski definition) is 1. The Morgan fingerprint density at radius 2 is 1.82 bits per heavy atom. The molecule has 1 aliphatic heterocycles. The molecule has 0 saturated carbocycles. The maximum atomic E-state index is 13.2. The van der Waals surface area contributed by atoms with E-state index in [1.807, 2.05) is 0 Å². The Balaban J connectivity index is 1.98. The highest BCUT2D eigenvalue weighted by Crippen LogP contribution is 2.40. The first kappa shape index (κ1) is 18.1. The van der Waals surface area contributed by atoms with Crippen LogP contribution in [0.15, 0.2) is 51.7 Å². The molecule has 0 unspecified atom stereocenters. The molecule has 1 aromatic heterocycles. The van der Waals surface area contributed by atoms with Crippen LogP contribution in [-0.4, -0.2) is 43.3 Å². The fourth-order valence-corrected chi connectivity index (χ4v) is 3.67. The number of aliphatic hydroxyl groups is 1. The molecule has 0 spiro atoms. The Hall–Kier alpha value is -3.32. The number of hydrogen-bond acceptors (Lipinski definition) is 6. The molecule has 144 valence electrons. The number of carbonyl (C=O) groups is 1. The molecule has 0 fully saturated rings. The van der Waals surface area contributed by atoms with E-state index >= 15 is 0 Å². The lowest BCUT2D eigenvalue weighted by Gasteiger charge is -2.24. The van der Waals surface area contributed by atoms with Gasteiger partial charge in [-0.3, -0.25) is 9.59 Å². The minimum Gasteiger partial charge on any atom is -0.493 e. The van der Waals surface area contributed by atoms with E-state index in [9.17, 15) is 14.7 Å². The number of aliphatic hydroxyl groups excluding tert-OH is 1. The molecule has 0 saturated heterocycles. The number of ether oxygens (including phenoxy) is 2. The van der Waals surface area contributed by atoms with Crippen LogP contribution in [0.3, 0.4) is 0 Å². The van der Waals surface area contributed by atoms with Crippen molar-refractivity contribution in [2.45, 2.75) is 6.04 Å². The van der Waals surface area contributed by atoms with Crippen LogP contribution in [0.4, 0.5) is 0 Å². The maximum absolute atomic E-state index is 13.2. The van der Waals surface area contributed by atoms with Gasteiger partial charge in [0.1, 0.15) is 5.58 Å². The summed E-state index contributed by atoms with van der Waals surface area (Å²) >= 11 is 0. The van der Waals surface area contributed by atoms with Crippen LogP contribution in [0.2, 0.25) is 0 Å². The lowest BCUT2D eigenvalue weighted by Crippen LogP contribution is -2.32. The summed E-state index contributed by atoms with van der Waals surface area (Å²) in [6.07, 6.45) is 0. The van der Waals surface area contributed by atoms with Gasteiger partial charge in [0.15, 0.2) is 16.9 Å². The smallest absolute Gasteiger partial charge is 0.290 e. The van der Waals surface area contributed by atoms with Gasteiger partial charge in [0.05, 0.1) is 37.8 Å². The standard InChI is InChI=1S/C21H19NO6/c1-26-15-8-7-12(11-16(15)27-2)18-17-19(24)13-5-3-4-6-14(13)28-20(17)21(25)22(18)9-10-23/h3-8,11,18,23H,9-10H2,1-2H3/t18-/m1/s1. The number of nitrogens with zero attached hydrogens (tertiary/aromatic N) is 1. The first-order valence-corrected chi connectivity index (χ1v) is 8.80. The predicted molar refractivity (Wildman–Crippen MR) is 102 cm³/mol. The molecule has 1 N–H and O–H groups in total. The van der Waals surface area contributed by atoms with Crippen LogP contribution >= 0.6 is 0 Å². The molecule has 28 heavy (non-hydrogen) atoms. The summed E-state index contributed by atoms with van der Waals surface area (Å²) in [4.78, 5) is 27.6. The Bertz CT molecular complexity index is 1120. The average Bonchev–Trinajstić information content (AvgIpc) is 3.00. The van der Waals surface area contributed by atoms with Crippen LogP contribution < -0.4 is 14.9 Å². The van der Waals surface area contributed by atoms with Crippen molar-refractivity contribution in [3.8, 4) is 11.5 Å².